The maximum Gasteiger partial charge on any atom is 0.0543 e. The molecule has 0 bridgehead atoms. The molecule has 0 heterocycles. The van der Waals surface area contributed by atoms with Gasteiger partial charge in [0.15, 0.2) is 0 Å². The highest BCUT2D eigenvalue weighted by molar-refractivity contribution is 5.14. The lowest BCUT2D eigenvalue weighted by Gasteiger charge is -2.61. The summed E-state index contributed by atoms with van der Waals surface area (Å²) in [6.07, 6.45) is 17.4. The summed E-state index contributed by atoms with van der Waals surface area (Å²) >= 11 is 0. The Labute approximate surface area is 136 Å². The van der Waals surface area contributed by atoms with E-state index in [9.17, 15) is 5.11 Å². The van der Waals surface area contributed by atoms with Gasteiger partial charge in [0.25, 0.3) is 0 Å². The zero-order chi connectivity index (χ0) is 15.5. The average Bonchev–Trinajstić information content (AvgIpc) is 2.89. The SMILES string of the molecule is C#CC1C[C@@H]2[C@@H](CC[C@]3(C)CCC[C@@H]23)[C@@]2(C)CCC(O)CC12. The van der Waals surface area contributed by atoms with Gasteiger partial charge in [-0.1, -0.05) is 20.3 Å². The van der Waals surface area contributed by atoms with Crippen LogP contribution in [0.25, 0.3) is 0 Å². The summed E-state index contributed by atoms with van der Waals surface area (Å²) in [7, 11) is 0. The van der Waals surface area contributed by atoms with Gasteiger partial charge in [-0.3, -0.25) is 0 Å². The highest BCUT2D eigenvalue weighted by Gasteiger charge is 2.59. The van der Waals surface area contributed by atoms with Crippen molar-refractivity contribution in [2.45, 2.75) is 77.7 Å². The van der Waals surface area contributed by atoms with Crippen molar-refractivity contribution in [2.24, 2.45) is 40.4 Å². The molecule has 8 atom stereocenters. The van der Waals surface area contributed by atoms with Gasteiger partial charge >= 0.3 is 0 Å². The van der Waals surface area contributed by atoms with Crippen LogP contribution in [0.15, 0.2) is 0 Å². The number of terminal acetylenes is 1. The lowest BCUT2D eigenvalue weighted by molar-refractivity contribution is -0.135. The first kappa shape index (κ1) is 15.1. The molecule has 4 saturated carbocycles. The summed E-state index contributed by atoms with van der Waals surface area (Å²) in [5.74, 6) is 6.78. The van der Waals surface area contributed by atoms with Crippen LogP contribution in [0.2, 0.25) is 0 Å². The van der Waals surface area contributed by atoms with Crippen LogP contribution in [0.5, 0.6) is 0 Å². The minimum atomic E-state index is -0.106. The van der Waals surface area contributed by atoms with Crippen molar-refractivity contribution in [2.75, 3.05) is 0 Å². The highest BCUT2D eigenvalue weighted by Crippen LogP contribution is 2.67. The minimum absolute atomic E-state index is 0.106. The maximum atomic E-state index is 10.2. The summed E-state index contributed by atoms with van der Waals surface area (Å²) in [5.41, 5.74) is 1.00. The molecule has 3 unspecified atom stereocenters. The van der Waals surface area contributed by atoms with Crippen molar-refractivity contribution in [1.82, 2.24) is 0 Å². The van der Waals surface area contributed by atoms with Crippen LogP contribution in [0.4, 0.5) is 0 Å². The third kappa shape index (κ3) is 1.96. The standard InChI is InChI=1S/C21H32O/c1-4-14-12-16-17-6-5-9-20(17,2)10-8-18(16)21(3)11-7-15(22)13-19(14)21/h1,14-19,22H,5-13H2,2-3H3/t14?,15?,16-,17-,18+,19?,20-,21+/m0/s1. The second kappa shape index (κ2) is 5.01. The quantitative estimate of drug-likeness (QED) is 0.646. The molecular weight excluding hydrogens is 268 g/mol. The van der Waals surface area contributed by atoms with Gasteiger partial charge in [0.1, 0.15) is 0 Å². The van der Waals surface area contributed by atoms with Crippen molar-refractivity contribution < 1.29 is 5.11 Å². The molecule has 1 N–H and O–H groups in total. The summed E-state index contributed by atoms with van der Waals surface area (Å²) in [6, 6.07) is 0. The number of hydrogen-bond donors (Lipinski definition) is 1. The first-order valence-corrected chi connectivity index (χ1v) is 9.62. The van der Waals surface area contributed by atoms with E-state index in [2.05, 4.69) is 19.8 Å². The third-order valence-corrected chi connectivity index (χ3v) is 8.68. The molecule has 122 valence electrons. The molecule has 0 aromatic heterocycles. The van der Waals surface area contributed by atoms with E-state index < -0.39 is 0 Å². The fourth-order valence-corrected chi connectivity index (χ4v) is 7.50. The first-order valence-electron chi connectivity index (χ1n) is 9.62. The van der Waals surface area contributed by atoms with E-state index in [1.54, 1.807) is 0 Å². The predicted molar refractivity (Wildman–Crippen MR) is 90.1 cm³/mol. The van der Waals surface area contributed by atoms with Crippen molar-refractivity contribution >= 4 is 0 Å². The molecule has 0 radical (unpaired) electrons. The normalized spacial score (nSPS) is 57.4. The van der Waals surface area contributed by atoms with Gasteiger partial charge in [0.05, 0.1) is 6.10 Å². The van der Waals surface area contributed by atoms with Gasteiger partial charge in [-0.25, -0.2) is 0 Å². The van der Waals surface area contributed by atoms with Crippen molar-refractivity contribution in [3.8, 4) is 12.3 Å². The van der Waals surface area contributed by atoms with E-state index >= 15 is 0 Å². The Morgan fingerprint density at radius 2 is 1.77 bits per heavy atom. The zero-order valence-corrected chi connectivity index (χ0v) is 14.4. The third-order valence-electron chi connectivity index (χ3n) is 8.68. The molecule has 4 rings (SSSR count). The van der Waals surface area contributed by atoms with Crippen LogP contribution < -0.4 is 0 Å². The van der Waals surface area contributed by atoms with Crippen molar-refractivity contribution in [3.05, 3.63) is 0 Å². The number of rotatable bonds is 0. The second-order valence-corrected chi connectivity index (χ2v) is 9.51. The van der Waals surface area contributed by atoms with Crippen LogP contribution in [0.1, 0.15) is 71.6 Å². The lowest BCUT2D eigenvalue weighted by atomic mass is 9.43. The van der Waals surface area contributed by atoms with E-state index in [0.29, 0.717) is 22.7 Å². The smallest absolute Gasteiger partial charge is 0.0543 e. The molecule has 4 fully saturated rings. The molecule has 0 saturated heterocycles. The fraction of sp³-hybridized carbons (Fsp3) is 0.905. The van der Waals surface area contributed by atoms with Gasteiger partial charge in [0, 0.05) is 5.92 Å². The fourth-order valence-electron chi connectivity index (χ4n) is 7.50. The van der Waals surface area contributed by atoms with Gasteiger partial charge in [-0.15, -0.1) is 12.3 Å². The predicted octanol–water partition coefficient (Wildman–Crippen LogP) is 4.64. The number of aliphatic hydroxyl groups is 1. The van der Waals surface area contributed by atoms with Crippen LogP contribution in [0, 0.1) is 52.8 Å². The highest BCUT2D eigenvalue weighted by atomic mass is 16.3. The summed E-state index contributed by atoms with van der Waals surface area (Å²) < 4.78 is 0. The molecule has 4 aliphatic carbocycles. The Hall–Kier alpha value is -0.480. The summed E-state index contributed by atoms with van der Waals surface area (Å²) in [4.78, 5) is 0. The molecule has 0 spiro atoms. The summed E-state index contributed by atoms with van der Waals surface area (Å²) in [6.45, 7) is 5.09. The molecular formula is C21H32O. The number of hydrogen-bond acceptors (Lipinski definition) is 1. The number of fused-ring (bicyclic) bond motifs is 5. The Morgan fingerprint density at radius 1 is 0.955 bits per heavy atom. The van der Waals surface area contributed by atoms with Gasteiger partial charge < -0.3 is 5.11 Å². The minimum Gasteiger partial charge on any atom is -0.393 e. The van der Waals surface area contributed by atoms with Crippen molar-refractivity contribution in [3.63, 3.8) is 0 Å². The van der Waals surface area contributed by atoms with Crippen molar-refractivity contribution in [1.29, 1.82) is 0 Å². The maximum absolute atomic E-state index is 10.2. The average molecular weight is 300 g/mol. The van der Waals surface area contributed by atoms with Crippen LogP contribution >= 0.6 is 0 Å². The van der Waals surface area contributed by atoms with Crippen LogP contribution in [-0.2, 0) is 0 Å². The van der Waals surface area contributed by atoms with Crippen LogP contribution in [0.3, 0.4) is 0 Å². The van der Waals surface area contributed by atoms with E-state index in [0.717, 1.165) is 30.6 Å². The molecule has 0 aromatic rings. The Balaban J connectivity index is 1.69. The zero-order valence-electron chi connectivity index (χ0n) is 14.4. The topological polar surface area (TPSA) is 20.2 Å². The van der Waals surface area contributed by atoms with E-state index in [1.165, 1.54) is 44.9 Å². The molecule has 4 aliphatic rings. The molecule has 1 nitrogen and oxygen atoms in total. The van der Waals surface area contributed by atoms with E-state index in [-0.39, 0.29) is 6.10 Å². The molecule has 1 heteroatoms. The van der Waals surface area contributed by atoms with Gasteiger partial charge in [0.2, 0.25) is 0 Å². The molecule has 0 amide bonds. The Bertz CT molecular complexity index is 491. The Morgan fingerprint density at radius 3 is 2.55 bits per heavy atom. The Kier molecular flexibility index (Phi) is 3.43. The van der Waals surface area contributed by atoms with Gasteiger partial charge in [-0.2, -0.15) is 0 Å². The van der Waals surface area contributed by atoms with E-state index in [4.69, 9.17) is 6.42 Å². The lowest BCUT2D eigenvalue weighted by Crippen LogP contribution is -2.55. The van der Waals surface area contributed by atoms with Gasteiger partial charge in [-0.05, 0) is 85.9 Å². The summed E-state index contributed by atoms with van der Waals surface area (Å²) in [5, 5.41) is 10.2. The first-order chi connectivity index (χ1) is 10.5. The largest absolute Gasteiger partial charge is 0.393 e. The number of aliphatic hydroxyl groups excluding tert-OH is 1. The molecule has 0 aromatic carbocycles. The van der Waals surface area contributed by atoms with E-state index in [1.807, 2.05) is 0 Å². The van der Waals surface area contributed by atoms with Crippen LogP contribution in [-0.4, -0.2) is 11.2 Å². The second-order valence-electron chi connectivity index (χ2n) is 9.51. The molecule has 22 heavy (non-hydrogen) atoms. The molecule has 0 aliphatic heterocycles. The monoisotopic (exact) mass is 300 g/mol.